The molecule has 2 rings (SSSR count). The third-order valence-electron chi connectivity index (χ3n) is 3.08. The highest BCUT2D eigenvalue weighted by molar-refractivity contribution is 9.10. The molecule has 2 aromatic carbocycles. The fourth-order valence-electron chi connectivity index (χ4n) is 2.07. The molecular weight excluding hydrogens is 278 g/mol. The van der Waals surface area contributed by atoms with E-state index < -0.39 is 0 Å². The van der Waals surface area contributed by atoms with E-state index in [4.69, 9.17) is 5.73 Å². The lowest BCUT2D eigenvalue weighted by Crippen LogP contribution is -2.04. The number of phenolic OH excluding ortho intramolecular Hbond substituents is 1. The first-order valence-corrected chi connectivity index (χ1v) is 6.53. The lowest BCUT2D eigenvalue weighted by atomic mass is 9.94. The highest BCUT2D eigenvalue weighted by Gasteiger charge is 2.11. The summed E-state index contributed by atoms with van der Waals surface area (Å²) in [5.74, 6) is 0.643. The van der Waals surface area contributed by atoms with Gasteiger partial charge in [0.05, 0.1) is 0 Å². The summed E-state index contributed by atoms with van der Waals surface area (Å²) in [6.07, 6.45) is 0.882. The summed E-state index contributed by atoms with van der Waals surface area (Å²) in [6, 6.07) is 9.91. The van der Waals surface area contributed by atoms with Gasteiger partial charge >= 0.3 is 0 Å². The Labute approximate surface area is 110 Å². The first-order chi connectivity index (χ1) is 8.11. The average Bonchev–Trinajstić information content (AvgIpc) is 2.29. The number of nitrogens with two attached hydrogens (primary N) is 1. The van der Waals surface area contributed by atoms with Crippen molar-refractivity contribution < 1.29 is 5.11 Å². The minimum absolute atomic E-state index is 0.281. The molecule has 1 atom stereocenters. The topological polar surface area (TPSA) is 46.2 Å². The highest BCUT2D eigenvalue weighted by atomic mass is 79.9. The Morgan fingerprint density at radius 2 is 2.00 bits per heavy atom. The maximum absolute atomic E-state index is 10.0. The van der Waals surface area contributed by atoms with Gasteiger partial charge in [-0.1, -0.05) is 28.9 Å². The Kier molecular flexibility index (Phi) is 3.69. The van der Waals surface area contributed by atoms with Crippen LogP contribution in [0, 0.1) is 0 Å². The van der Waals surface area contributed by atoms with Gasteiger partial charge in [0.15, 0.2) is 0 Å². The quantitative estimate of drug-likeness (QED) is 0.905. The molecule has 17 heavy (non-hydrogen) atoms. The van der Waals surface area contributed by atoms with E-state index in [2.05, 4.69) is 35.0 Å². The van der Waals surface area contributed by atoms with Crippen molar-refractivity contribution in [3.63, 3.8) is 0 Å². The molecule has 0 aliphatic carbocycles. The van der Waals surface area contributed by atoms with E-state index in [1.54, 1.807) is 0 Å². The monoisotopic (exact) mass is 293 g/mol. The van der Waals surface area contributed by atoms with Gasteiger partial charge in [-0.25, -0.2) is 0 Å². The maximum atomic E-state index is 10.0. The molecule has 0 spiro atoms. The van der Waals surface area contributed by atoms with Crippen LogP contribution >= 0.6 is 15.9 Å². The second-order valence-electron chi connectivity index (χ2n) is 4.38. The number of aromatic hydroxyl groups is 1. The highest BCUT2D eigenvalue weighted by Crippen LogP contribution is 2.33. The largest absolute Gasteiger partial charge is 0.508 e. The lowest BCUT2D eigenvalue weighted by molar-refractivity contribution is 0.462. The van der Waals surface area contributed by atoms with Gasteiger partial charge in [0.25, 0.3) is 0 Å². The summed E-state index contributed by atoms with van der Waals surface area (Å²) in [5, 5.41) is 12.2. The van der Waals surface area contributed by atoms with Crippen LogP contribution in [0.5, 0.6) is 5.75 Å². The minimum Gasteiger partial charge on any atom is -0.508 e. The predicted octanol–water partition coefficient (Wildman–Crippen LogP) is 3.76. The molecule has 0 aromatic heterocycles. The van der Waals surface area contributed by atoms with Gasteiger partial charge in [-0.2, -0.15) is 0 Å². The van der Waals surface area contributed by atoms with Crippen LogP contribution in [0.15, 0.2) is 34.8 Å². The normalized spacial score (nSPS) is 12.9. The molecule has 0 heterocycles. The maximum Gasteiger partial charge on any atom is 0.119 e. The van der Waals surface area contributed by atoms with Gasteiger partial charge in [-0.3, -0.25) is 0 Å². The van der Waals surface area contributed by atoms with E-state index in [0.29, 0.717) is 12.3 Å². The average molecular weight is 294 g/mol. The van der Waals surface area contributed by atoms with E-state index in [1.807, 2.05) is 18.2 Å². The molecule has 0 bridgehead atoms. The van der Waals surface area contributed by atoms with Gasteiger partial charge < -0.3 is 10.8 Å². The molecule has 3 N–H and O–H groups in total. The third-order valence-corrected chi connectivity index (χ3v) is 3.57. The van der Waals surface area contributed by atoms with Crippen LogP contribution in [0.2, 0.25) is 0 Å². The molecule has 3 heteroatoms. The van der Waals surface area contributed by atoms with E-state index in [0.717, 1.165) is 27.2 Å². The molecule has 0 radical (unpaired) electrons. The van der Waals surface area contributed by atoms with Crippen LogP contribution in [-0.2, 0) is 0 Å². The number of hydrogen-bond donors (Lipinski definition) is 2. The lowest BCUT2D eigenvalue weighted by Gasteiger charge is -2.13. The van der Waals surface area contributed by atoms with E-state index in [9.17, 15) is 5.11 Å². The summed E-state index contributed by atoms with van der Waals surface area (Å²) in [5.41, 5.74) is 6.54. The van der Waals surface area contributed by atoms with Crippen LogP contribution in [0.1, 0.15) is 24.8 Å². The Morgan fingerprint density at radius 3 is 2.71 bits per heavy atom. The Balaban J connectivity index is 2.53. The van der Waals surface area contributed by atoms with Crippen LogP contribution in [0.4, 0.5) is 0 Å². The third kappa shape index (κ3) is 2.61. The van der Waals surface area contributed by atoms with Gasteiger partial charge in [-0.05, 0) is 59.5 Å². The van der Waals surface area contributed by atoms with Crippen molar-refractivity contribution in [2.45, 2.75) is 19.3 Å². The molecule has 1 unspecified atom stereocenters. The number of fused-ring (bicyclic) bond motifs is 1. The van der Waals surface area contributed by atoms with Crippen LogP contribution in [-0.4, -0.2) is 11.7 Å². The molecule has 0 amide bonds. The summed E-state index contributed by atoms with van der Waals surface area (Å²) < 4.78 is 1.05. The second-order valence-corrected chi connectivity index (χ2v) is 5.30. The van der Waals surface area contributed by atoms with Crippen molar-refractivity contribution in [2.24, 2.45) is 5.73 Å². The summed E-state index contributed by atoms with van der Waals surface area (Å²) in [6.45, 7) is 2.73. The molecule has 0 saturated heterocycles. The number of halogens is 1. The number of benzene rings is 2. The van der Waals surface area contributed by atoms with Gasteiger partial charge in [0.2, 0.25) is 0 Å². The zero-order chi connectivity index (χ0) is 12.4. The van der Waals surface area contributed by atoms with E-state index >= 15 is 0 Å². The Bertz CT molecular complexity index is 539. The summed E-state index contributed by atoms with van der Waals surface area (Å²) in [4.78, 5) is 0. The summed E-state index contributed by atoms with van der Waals surface area (Å²) >= 11 is 3.46. The van der Waals surface area contributed by atoms with Crippen molar-refractivity contribution >= 4 is 26.7 Å². The molecule has 0 fully saturated rings. The minimum atomic E-state index is 0.281. The van der Waals surface area contributed by atoms with Gasteiger partial charge in [0.1, 0.15) is 5.75 Å². The van der Waals surface area contributed by atoms with Crippen molar-refractivity contribution in [3.05, 3.63) is 40.4 Å². The first kappa shape index (κ1) is 12.4. The number of rotatable bonds is 3. The molecule has 90 valence electrons. The van der Waals surface area contributed by atoms with Crippen molar-refractivity contribution in [1.82, 2.24) is 0 Å². The van der Waals surface area contributed by atoms with E-state index in [-0.39, 0.29) is 5.92 Å². The number of phenols is 1. The molecule has 0 saturated carbocycles. The van der Waals surface area contributed by atoms with Crippen LogP contribution in [0.3, 0.4) is 0 Å². The smallest absolute Gasteiger partial charge is 0.119 e. The van der Waals surface area contributed by atoms with Gasteiger partial charge in [-0.15, -0.1) is 0 Å². The molecular formula is C14H16BrNO. The molecule has 0 aliphatic heterocycles. The molecule has 2 aromatic rings. The Hall–Kier alpha value is -1.06. The summed E-state index contributed by atoms with van der Waals surface area (Å²) in [7, 11) is 0. The first-order valence-electron chi connectivity index (χ1n) is 5.74. The van der Waals surface area contributed by atoms with Crippen molar-refractivity contribution in [3.8, 4) is 5.75 Å². The van der Waals surface area contributed by atoms with E-state index in [1.165, 1.54) is 0 Å². The van der Waals surface area contributed by atoms with Crippen LogP contribution < -0.4 is 5.73 Å². The van der Waals surface area contributed by atoms with Crippen molar-refractivity contribution in [2.75, 3.05) is 6.54 Å². The predicted molar refractivity (Wildman–Crippen MR) is 75.4 cm³/mol. The SMILES string of the molecule is CC(CCN)c1cc2cc(Br)ccc2cc1O. The number of hydrogen-bond acceptors (Lipinski definition) is 2. The fourth-order valence-corrected chi connectivity index (χ4v) is 2.45. The standard InChI is InChI=1S/C14H16BrNO/c1-9(4-5-16)13-7-11-6-12(15)3-2-10(11)8-14(13)17/h2-3,6-9,17H,4-5,16H2,1H3. The zero-order valence-corrected chi connectivity index (χ0v) is 11.4. The Morgan fingerprint density at radius 1 is 1.24 bits per heavy atom. The zero-order valence-electron chi connectivity index (χ0n) is 9.78. The molecule has 0 aliphatic rings. The second kappa shape index (κ2) is 5.07. The molecule has 2 nitrogen and oxygen atoms in total. The fraction of sp³-hybridized carbons (Fsp3) is 0.286. The van der Waals surface area contributed by atoms with Crippen molar-refractivity contribution in [1.29, 1.82) is 0 Å². The van der Waals surface area contributed by atoms with Crippen LogP contribution in [0.25, 0.3) is 10.8 Å². The van der Waals surface area contributed by atoms with Gasteiger partial charge in [0, 0.05) is 4.47 Å².